The average molecular weight is 227 g/mol. The van der Waals surface area contributed by atoms with Gasteiger partial charge in [-0.1, -0.05) is 15.9 Å². The standard InChI is InChI=1S/C9H7BrO2/c1-6(12)9-4-8(10)3-2-7(9)5-11/h2-5H,1H3. The fourth-order valence-corrected chi connectivity index (χ4v) is 1.30. The third-order valence-electron chi connectivity index (χ3n) is 1.52. The van der Waals surface area contributed by atoms with Crippen molar-refractivity contribution >= 4 is 28.0 Å². The maximum Gasteiger partial charge on any atom is 0.160 e. The lowest BCUT2D eigenvalue weighted by Gasteiger charge is -1.99. The van der Waals surface area contributed by atoms with Gasteiger partial charge in [-0.05, 0) is 25.1 Å². The van der Waals surface area contributed by atoms with Gasteiger partial charge in [0.15, 0.2) is 12.1 Å². The quantitative estimate of drug-likeness (QED) is 0.574. The second-order valence-corrected chi connectivity index (χ2v) is 3.32. The Hall–Kier alpha value is -0.960. The van der Waals surface area contributed by atoms with E-state index >= 15 is 0 Å². The van der Waals surface area contributed by atoms with Crippen LogP contribution in [0.2, 0.25) is 0 Å². The molecule has 0 fully saturated rings. The van der Waals surface area contributed by atoms with Gasteiger partial charge in [0.25, 0.3) is 0 Å². The maximum absolute atomic E-state index is 11.0. The van der Waals surface area contributed by atoms with E-state index in [2.05, 4.69) is 15.9 Å². The molecule has 0 aliphatic rings. The SMILES string of the molecule is CC(=O)c1cc(Br)ccc1C=O. The van der Waals surface area contributed by atoms with Crippen LogP contribution in [0.4, 0.5) is 0 Å². The van der Waals surface area contributed by atoms with Crippen molar-refractivity contribution < 1.29 is 9.59 Å². The van der Waals surface area contributed by atoms with Crippen LogP contribution in [-0.4, -0.2) is 12.1 Å². The van der Waals surface area contributed by atoms with Crippen molar-refractivity contribution in [2.45, 2.75) is 6.92 Å². The molecular formula is C9H7BrO2. The topological polar surface area (TPSA) is 34.1 Å². The number of carbonyl (C=O) groups is 2. The summed E-state index contributed by atoms with van der Waals surface area (Å²) in [7, 11) is 0. The van der Waals surface area contributed by atoms with Crippen molar-refractivity contribution in [1.29, 1.82) is 0 Å². The van der Waals surface area contributed by atoms with Crippen molar-refractivity contribution in [2.24, 2.45) is 0 Å². The van der Waals surface area contributed by atoms with E-state index in [0.717, 1.165) is 4.47 Å². The van der Waals surface area contributed by atoms with Crippen LogP contribution >= 0.6 is 15.9 Å². The van der Waals surface area contributed by atoms with Crippen molar-refractivity contribution in [3.63, 3.8) is 0 Å². The van der Waals surface area contributed by atoms with Crippen molar-refractivity contribution in [2.75, 3.05) is 0 Å². The van der Waals surface area contributed by atoms with E-state index in [1.54, 1.807) is 18.2 Å². The smallest absolute Gasteiger partial charge is 0.160 e. The summed E-state index contributed by atoms with van der Waals surface area (Å²) in [4.78, 5) is 21.5. The number of rotatable bonds is 2. The van der Waals surface area contributed by atoms with Gasteiger partial charge in [0.05, 0.1) is 0 Å². The maximum atomic E-state index is 11.0. The molecule has 1 aromatic carbocycles. The Morgan fingerprint density at radius 2 is 2.17 bits per heavy atom. The highest BCUT2D eigenvalue weighted by Crippen LogP contribution is 2.15. The molecule has 0 aliphatic carbocycles. The highest BCUT2D eigenvalue weighted by molar-refractivity contribution is 9.10. The molecule has 0 aliphatic heterocycles. The number of hydrogen-bond acceptors (Lipinski definition) is 2. The van der Waals surface area contributed by atoms with Crippen molar-refractivity contribution in [1.82, 2.24) is 0 Å². The largest absolute Gasteiger partial charge is 0.298 e. The number of Topliss-reactive ketones (excluding diaryl/α,β-unsaturated/α-hetero) is 1. The molecule has 2 nitrogen and oxygen atoms in total. The molecule has 0 N–H and O–H groups in total. The lowest BCUT2D eigenvalue weighted by Crippen LogP contribution is -1.97. The summed E-state index contributed by atoms with van der Waals surface area (Å²) in [6, 6.07) is 5.00. The highest BCUT2D eigenvalue weighted by Gasteiger charge is 2.05. The molecule has 0 unspecified atom stereocenters. The summed E-state index contributed by atoms with van der Waals surface area (Å²) >= 11 is 3.23. The van der Waals surface area contributed by atoms with Gasteiger partial charge < -0.3 is 0 Å². The molecule has 3 heteroatoms. The van der Waals surface area contributed by atoms with Gasteiger partial charge in [-0.15, -0.1) is 0 Å². The van der Waals surface area contributed by atoms with Crippen LogP contribution in [0.1, 0.15) is 27.6 Å². The number of halogens is 1. The molecule has 12 heavy (non-hydrogen) atoms. The lowest BCUT2D eigenvalue weighted by molar-refractivity contribution is 0.100. The summed E-state index contributed by atoms with van der Waals surface area (Å²) in [6.07, 6.45) is 0.684. The minimum absolute atomic E-state index is 0.0987. The molecule has 1 aromatic rings. The summed E-state index contributed by atoms with van der Waals surface area (Å²) in [5.74, 6) is -0.0987. The lowest BCUT2D eigenvalue weighted by atomic mass is 10.1. The Bertz CT molecular complexity index is 331. The molecule has 0 aromatic heterocycles. The molecule has 0 spiro atoms. The fourth-order valence-electron chi connectivity index (χ4n) is 0.936. The van der Waals surface area contributed by atoms with Crippen LogP contribution in [0.15, 0.2) is 22.7 Å². The minimum atomic E-state index is -0.0987. The molecule has 0 radical (unpaired) electrons. The van der Waals surface area contributed by atoms with Gasteiger partial charge in [0.2, 0.25) is 0 Å². The second-order valence-electron chi connectivity index (χ2n) is 2.41. The first kappa shape index (κ1) is 9.13. The van der Waals surface area contributed by atoms with E-state index in [0.29, 0.717) is 17.4 Å². The van der Waals surface area contributed by atoms with Crippen LogP contribution in [-0.2, 0) is 0 Å². The van der Waals surface area contributed by atoms with E-state index < -0.39 is 0 Å². The molecule has 0 bridgehead atoms. The molecule has 0 saturated heterocycles. The zero-order valence-corrected chi connectivity index (χ0v) is 8.09. The van der Waals surface area contributed by atoms with Gasteiger partial charge in [0.1, 0.15) is 0 Å². The van der Waals surface area contributed by atoms with E-state index in [1.165, 1.54) is 6.92 Å². The van der Waals surface area contributed by atoms with Crippen molar-refractivity contribution in [3.05, 3.63) is 33.8 Å². The third kappa shape index (κ3) is 1.80. The summed E-state index contributed by atoms with van der Waals surface area (Å²) in [5, 5.41) is 0. The summed E-state index contributed by atoms with van der Waals surface area (Å²) in [6.45, 7) is 1.44. The van der Waals surface area contributed by atoms with Gasteiger partial charge in [-0.3, -0.25) is 9.59 Å². The molecule has 0 amide bonds. The summed E-state index contributed by atoms with van der Waals surface area (Å²) in [5.41, 5.74) is 0.894. The zero-order valence-electron chi connectivity index (χ0n) is 6.50. The monoisotopic (exact) mass is 226 g/mol. The van der Waals surface area contributed by atoms with Gasteiger partial charge in [-0.2, -0.15) is 0 Å². The van der Waals surface area contributed by atoms with Crippen LogP contribution in [0.5, 0.6) is 0 Å². The number of benzene rings is 1. The Labute approximate surface area is 78.7 Å². The molecule has 0 atom stereocenters. The van der Waals surface area contributed by atoms with E-state index in [4.69, 9.17) is 0 Å². The average Bonchev–Trinajstić information content (AvgIpc) is 2.04. The molecule has 62 valence electrons. The van der Waals surface area contributed by atoms with Crippen molar-refractivity contribution in [3.8, 4) is 0 Å². The molecule has 1 rings (SSSR count). The van der Waals surface area contributed by atoms with Crippen LogP contribution in [0.3, 0.4) is 0 Å². The Morgan fingerprint density at radius 1 is 1.50 bits per heavy atom. The molecule has 0 heterocycles. The minimum Gasteiger partial charge on any atom is -0.298 e. The first-order chi connectivity index (χ1) is 5.65. The van der Waals surface area contributed by atoms with Gasteiger partial charge in [-0.25, -0.2) is 0 Å². The van der Waals surface area contributed by atoms with Crippen LogP contribution < -0.4 is 0 Å². The summed E-state index contributed by atoms with van der Waals surface area (Å²) < 4.78 is 0.804. The predicted octanol–water partition coefficient (Wildman–Crippen LogP) is 2.46. The Kier molecular flexibility index (Phi) is 2.76. The molecular weight excluding hydrogens is 220 g/mol. The third-order valence-corrected chi connectivity index (χ3v) is 2.01. The fraction of sp³-hybridized carbons (Fsp3) is 0.111. The number of aldehydes is 1. The number of carbonyl (C=O) groups excluding carboxylic acids is 2. The first-order valence-corrected chi connectivity index (χ1v) is 4.20. The second kappa shape index (κ2) is 3.63. The zero-order chi connectivity index (χ0) is 9.14. The Balaban J connectivity index is 3.30. The number of hydrogen-bond donors (Lipinski definition) is 0. The predicted molar refractivity (Wildman–Crippen MR) is 49.5 cm³/mol. The normalized spacial score (nSPS) is 9.50. The van der Waals surface area contributed by atoms with Crippen LogP contribution in [0.25, 0.3) is 0 Å². The van der Waals surface area contributed by atoms with E-state index in [1.807, 2.05) is 0 Å². The first-order valence-electron chi connectivity index (χ1n) is 3.41. The van der Waals surface area contributed by atoms with E-state index in [9.17, 15) is 9.59 Å². The van der Waals surface area contributed by atoms with Crippen LogP contribution in [0, 0.1) is 0 Å². The Morgan fingerprint density at radius 3 is 2.67 bits per heavy atom. The van der Waals surface area contributed by atoms with Gasteiger partial charge in [0, 0.05) is 15.6 Å². The molecule has 0 saturated carbocycles. The van der Waals surface area contributed by atoms with E-state index in [-0.39, 0.29) is 5.78 Å². The van der Waals surface area contributed by atoms with Gasteiger partial charge >= 0.3 is 0 Å². The highest BCUT2D eigenvalue weighted by atomic mass is 79.9. The number of ketones is 1.